The average Bonchev–Trinajstić information content (AvgIpc) is 2.40. The number of halogens is 1. The maximum atomic E-state index is 11.4. The first-order chi connectivity index (χ1) is 9.22. The zero-order valence-corrected chi connectivity index (χ0v) is 12.8. The first kappa shape index (κ1) is 18.7. The molecule has 1 aromatic rings. The Morgan fingerprint density at radius 1 is 1.25 bits per heavy atom. The molecule has 1 amide bonds. The summed E-state index contributed by atoms with van der Waals surface area (Å²) in [6, 6.07) is 7.83. The van der Waals surface area contributed by atoms with Crippen molar-refractivity contribution in [3.8, 4) is 5.75 Å². The summed E-state index contributed by atoms with van der Waals surface area (Å²) in [6.45, 7) is 4.55. The van der Waals surface area contributed by atoms with E-state index in [1.54, 1.807) is 7.11 Å². The molecule has 1 rings (SSSR count). The SMILES string of the molecule is COCCNCC(=O)NCCOc1cccc(C)c1.Cl. The lowest BCUT2D eigenvalue weighted by Crippen LogP contribution is -2.37. The Bertz CT molecular complexity index is 388. The van der Waals surface area contributed by atoms with Crippen molar-refractivity contribution in [1.82, 2.24) is 10.6 Å². The van der Waals surface area contributed by atoms with Crippen LogP contribution >= 0.6 is 12.4 Å². The Kier molecular flexibility index (Phi) is 10.8. The highest BCUT2D eigenvalue weighted by molar-refractivity contribution is 5.85. The van der Waals surface area contributed by atoms with Crippen molar-refractivity contribution in [3.63, 3.8) is 0 Å². The normalized spacial score (nSPS) is 9.70. The van der Waals surface area contributed by atoms with Gasteiger partial charge in [-0.05, 0) is 24.6 Å². The number of nitrogens with one attached hydrogen (secondary N) is 2. The second kappa shape index (κ2) is 11.5. The van der Waals surface area contributed by atoms with Crippen LogP contribution in [0.5, 0.6) is 5.75 Å². The summed E-state index contributed by atoms with van der Waals surface area (Å²) in [6.07, 6.45) is 0. The number of rotatable bonds is 9. The van der Waals surface area contributed by atoms with Crippen molar-refractivity contribution in [2.24, 2.45) is 0 Å². The molecule has 0 aliphatic rings. The Hall–Kier alpha value is -1.30. The molecule has 0 radical (unpaired) electrons. The van der Waals surface area contributed by atoms with Gasteiger partial charge in [0.25, 0.3) is 0 Å². The quantitative estimate of drug-likeness (QED) is 0.672. The van der Waals surface area contributed by atoms with Crippen LogP contribution < -0.4 is 15.4 Å². The van der Waals surface area contributed by atoms with Crippen LogP contribution in [0.2, 0.25) is 0 Å². The standard InChI is InChI=1S/C14H22N2O3.ClH/c1-12-4-3-5-13(10-12)19-9-7-16-14(17)11-15-6-8-18-2;/h3-5,10,15H,6-9,11H2,1-2H3,(H,16,17);1H. The number of amides is 1. The fourth-order valence-electron chi connectivity index (χ4n) is 1.50. The maximum Gasteiger partial charge on any atom is 0.234 e. The second-order valence-electron chi connectivity index (χ2n) is 4.18. The zero-order chi connectivity index (χ0) is 13.9. The number of benzene rings is 1. The lowest BCUT2D eigenvalue weighted by atomic mass is 10.2. The van der Waals surface area contributed by atoms with Gasteiger partial charge in [-0.1, -0.05) is 12.1 Å². The first-order valence-corrected chi connectivity index (χ1v) is 6.38. The van der Waals surface area contributed by atoms with Gasteiger partial charge in [0.1, 0.15) is 12.4 Å². The summed E-state index contributed by atoms with van der Waals surface area (Å²) in [5.41, 5.74) is 1.16. The Morgan fingerprint density at radius 2 is 2.05 bits per heavy atom. The summed E-state index contributed by atoms with van der Waals surface area (Å²) < 4.78 is 10.4. The number of ether oxygens (including phenoxy) is 2. The molecule has 0 aromatic heterocycles. The minimum atomic E-state index is -0.0380. The van der Waals surface area contributed by atoms with Crippen molar-refractivity contribution >= 4 is 18.3 Å². The molecule has 0 atom stereocenters. The van der Waals surface area contributed by atoms with E-state index in [1.165, 1.54) is 0 Å². The molecule has 0 heterocycles. The molecule has 6 heteroatoms. The van der Waals surface area contributed by atoms with E-state index in [9.17, 15) is 4.79 Å². The maximum absolute atomic E-state index is 11.4. The molecule has 0 spiro atoms. The molecule has 114 valence electrons. The van der Waals surface area contributed by atoms with Crippen LogP contribution in [-0.2, 0) is 9.53 Å². The molecule has 0 fully saturated rings. The number of aryl methyl sites for hydroxylation is 1. The smallest absolute Gasteiger partial charge is 0.234 e. The van der Waals surface area contributed by atoms with Gasteiger partial charge >= 0.3 is 0 Å². The lowest BCUT2D eigenvalue weighted by molar-refractivity contribution is -0.120. The lowest BCUT2D eigenvalue weighted by Gasteiger charge is -2.08. The summed E-state index contributed by atoms with van der Waals surface area (Å²) in [5, 5.41) is 5.75. The predicted molar refractivity (Wildman–Crippen MR) is 81.7 cm³/mol. The third-order valence-electron chi connectivity index (χ3n) is 2.45. The van der Waals surface area contributed by atoms with Crippen molar-refractivity contribution in [2.75, 3.05) is 40.0 Å². The number of carbonyl (C=O) groups is 1. The Morgan fingerprint density at radius 3 is 2.75 bits per heavy atom. The summed E-state index contributed by atoms with van der Waals surface area (Å²) in [4.78, 5) is 11.4. The van der Waals surface area contributed by atoms with E-state index in [-0.39, 0.29) is 18.3 Å². The molecule has 0 aliphatic carbocycles. The van der Waals surface area contributed by atoms with E-state index in [0.717, 1.165) is 11.3 Å². The minimum absolute atomic E-state index is 0. The predicted octanol–water partition coefficient (Wildman–Crippen LogP) is 1.15. The van der Waals surface area contributed by atoms with Crippen LogP contribution in [0.15, 0.2) is 24.3 Å². The highest BCUT2D eigenvalue weighted by Crippen LogP contribution is 2.11. The molecular formula is C14H23ClN2O3. The van der Waals surface area contributed by atoms with Crippen molar-refractivity contribution < 1.29 is 14.3 Å². The van der Waals surface area contributed by atoms with Crippen molar-refractivity contribution in [2.45, 2.75) is 6.92 Å². The monoisotopic (exact) mass is 302 g/mol. The van der Waals surface area contributed by atoms with E-state index >= 15 is 0 Å². The van der Waals surface area contributed by atoms with Gasteiger partial charge in [-0.2, -0.15) is 0 Å². The molecule has 0 saturated heterocycles. The molecule has 1 aromatic carbocycles. The third-order valence-corrected chi connectivity index (χ3v) is 2.45. The fourth-order valence-corrected chi connectivity index (χ4v) is 1.50. The average molecular weight is 303 g/mol. The van der Waals surface area contributed by atoms with E-state index in [2.05, 4.69) is 10.6 Å². The second-order valence-corrected chi connectivity index (χ2v) is 4.18. The highest BCUT2D eigenvalue weighted by atomic mass is 35.5. The fraction of sp³-hybridized carbons (Fsp3) is 0.500. The van der Waals surface area contributed by atoms with Crippen LogP contribution in [-0.4, -0.2) is 45.9 Å². The number of methoxy groups -OCH3 is 1. The van der Waals surface area contributed by atoms with Gasteiger partial charge in [-0.25, -0.2) is 0 Å². The van der Waals surface area contributed by atoms with Crippen LogP contribution in [0.3, 0.4) is 0 Å². The molecule has 0 unspecified atom stereocenters. The zero-order valence-electron chi connectivity index (χ0n) is 12.0. The van der Waals surface area contributed by atoms with Crippen LogP contribution in [0.1, 0.15) is 5.56 Å². The van der Waals surface area contributed by atoms with E-state index < -0.39 is 0 Å². The van der Waals surface area contributed by atoms with Gasteiger partial charge in [-0.15, -0.1) is 12.4 Å². The van der Waals surface area contributed by atoms with Gasteiger partial charge < -0.3 is 20.1 Å². The molecule has 5 nitrogen and oxygen atoms in total. The molecule has 2 N–H and O–H groups in total. The van der Waals surface area contributed by atoms with Gasteiger partial charge in [0.15, 0.2) is 0 Å². The third kappa shape index (κ3) is 8.74. The minimum Gasteiger partial charge on any atom is -0.492 e. The van der Waals surface area contributed by atoms with E-state index in [0.29, 0.717) is 32.8 Å². The van der Waals surface area contributed by atoms with E-state index in [4.69, 9.17) is 9.47 Å². The molecule has 0 bridgehead atoms. The molecular weight excluding hydrogens is 280 g/mol. The Labute approximate surface area is 126 Å². The number of hydrogen-bond acceptors (Lipinski definition) is 4. The molecule has 20 heavy (non-hydrogen) atoms. The van der Waals surface area contributed by atoms with Crippen LogP contribution in [0.25, 0.3) is 0 Å². The molecule has 0 aliphatic heterocycles. The van der Waals surface area contributed by atoms with Gasteiger partial charge in [0.05, 0.1) is 19.7 Å². The number of hydrogen-bond donors (Lipinski definition) is 2. The topological polar surface area (TPSA) is 59.6 Å². The van der Waals surface area contributed by atoms with Crippen LogP contribution in [0.4, 0.5) is 0 Å². The summed E-state index contributed by atoms with van der Waals surface area (Å²) in [7, 11) is 1.63. The summed E-state index contributed by atoms with van der Waals surface area (Å²) >= 11 is 0. The van der Waals surface area contributed by atoms with E-state index in [1.807, 2.05) is 31.2 Å². The Balaban J connectivity index is 0.00000361. The van der Waals surface area contributed by atoms with Gasteiger partial charge in [-0.3, -0.25) is 4.79 Å². The van der Waals surface area contributed by atoms with Crippen LogP contribution in [0, 0.1) is 6.92 Å². The van der Waals surface area contributed by atoms with Crippen molar-refractivity contribution in [3.05, 3.63) is 29.8 Å². The van der Waals surface area contributed by atoms with Crippen molar-refractivity contribution in [1.29, 1.82) is 0 Å². The number of carbonyl (C=O) groups excluding carboxylic acids is 1. The first-order valence-electron chi connectivity index (χ1n) is 6.38. The largest absolute Gasteiger partial charge is 0.492 e. The molecule has 0 saturated carbocycles. The van der Waals surface area contributed by atoms with Gasteiger partial charge in [0, 0.05) is 13.7 Å². The highest BCUT2D eigenvalue weighted by Gasteiger charge is 1.99. The van der Waals surface area contributed by atoms with Gasteiger partial charge in [0.2, 0.25) is 5.91 Å². The summed E-state index contributed by atoms with van der Waals surface area (Å²) in [5.74, 6) is 0.788.